The Kier molecular flexibility index (Phi) is 3.54. The first-order valence-corrected chi connectivity index (χ1v) is 6.71. The standard InChI is InChI=1S/C15H20N2O3/c1-8(2)10-6-9(14(18)19)12-11(7-15(3,4)5)17-20-13(12)16-10/h6,8H,7H2,1-5H3,(H,18,19). The minimum atomic E-state index is -0.974. The molecule has 0 amide bonds. The van der Waals surface area contributed by atoms with E-state index in [0.29, 0.717) is 28.9 Å². The molecule has 0 aliphatic heterocycles. The van der Waals surface area contributed by atoms with Gasteiger partial charge in [-0.25, -0.2) is 9.78 Å². The van der Waals surface area contributed by atoms with Crippen LogP contribution in [0.5, 0.6) is 0 Å². The fourth-order valence-corrected chi connectivity index (χ4v) is 2.12. The highest BCUT2D eigenvalue weighted by Gasteiger charge is 2.23. The zero-order valence-electron chi connectivity index (χ0n) is 12.5. The second-order valence-corrected chi connectivity index (χ2v) is 6.60. The Morgan fingerprint density at radius 1 is 1.40 bits per heavy atom. The molecule has 0 aromatic carbocycles. The average molecular weight is 276 g/mol. The molecule has 0 fully saturated rings. The van der Waals surface area contributed by atoms with Crippen LogP contribution < -0.4 is 0 Å². The highest BCUT2D eigenvalue weighted by Crippen LogP contribution is 2.29. The van der Waals surface area contributed by atoms with Crippen molar-refractivity contribution in [3.63, 3.8) is 0 Å². The SMILES string of the molecule is CC(C)c1cc(C(=O)O)c2c(CC(C)(C)C)noc2n1. The van der Waals surface area contributed by atoms with Crippen molar-refractivity contribution in [2.75, 3.05) is 0 Å². The summed E-state index contributed by atoms with van der Waals surface area (Å²) in [6.45, 7) is 10.1. The highest BCUT2D eigenvalue weighted by molar-refractivity contribution is 6.02. The monoisotopic (exact) mass is 276 g/mol. The van der Waals surface area contributed by atoms with E-state index >= 15 is 0 Å². The average Bonchev–Trinajstić information content (AvgIpc) is 2.68. The van der Waals surface area contributed by atoms with E-state index in [0.717, 1.165) is 0 Å². The molecular formula is C15H20N2O3. The molecule has 0 radical (unpaired) electrons. The van der Waals surface area contributed by atoms with Gasteiger partial charge in [-0.1, -0.05) is 39.8 Å². The van der Waals surface area contributed by atoms with Crippen molar-refractivity contribution in [2.24, 2.45) is 5.41 Å². The van der Waals surface area contributed by atoms with Crippen LogP contribution in [0.4, 0.5) is 0 Å². The van der Waals surface area contributed by atoms with Crippen molar-refractivity contribution in [3.05, 3.63) is 23.0 Å². The Labute approximate surface area is 118 Å². The van der Waals surface area contributed by atoms with Crippen LogP contribution in [-0.4, -0.2) is 21.2 Å². The lowest BCUT2D eigenvalue weighted by molar-refractivity contribution is 0.0698. The number of hydrogen-bond acceptors (Lipinski definition) is 4. The van der Waals surface area contributed by atoms with Crippen LogP contribution in [0.1, 0.15) is 62.3 Å². The number of pyridine rings is 1. The molecule has 108 valence electrons. The molecule has 0 saturated heterocycles. The molecule has 0 atom stereocenters. The van der Waals surface area contributed by atoms with Gasteiger partial charge >= 0.3 is 5.97 Å². The molecule has 0 aliphatic rings. The Hall–Kier alpha value is -1.91. The molecule has 0 aliphatic carbocycles. The summed E-state index contributed by atoms with van der Waals surface area (Å²) in [5, 5.41) is 14.0. The van der Waals surface area contributed by atoms with Crippen molar-refractivity contribution >= 4 is 17.1 Å². The first kappa shape index (κ1) is 14.5. The van der Waals surface area contributed by atoms with Gasteiger partial charge in [-0.2, -0.15) is 0 Å². The van der Waals surface area contributed by atoms with Crippen molar-refractivity contribution < 1.29 is 14.4 Å². The zero-order valence-corrected chi connectivity index (χ0v) is 12.5. The molecule has 20 heavy (non-hydrogen) atoms. The molecule has 0 unspecified atom stereocenters. The smallest absolute Gasteiger partial charge is 0.336 e. The Bertz CT molecular complexity index is 651. The predicted octanol–water partition coefficient (Wildman–Crippen LogP) is 3.63. The van der Waals surface area contributed by atoms with Gasteiger partial charge in [-0.05, 0) is 23.8 Å². The van der Waals surface area contributed by atoms with Crippen molar-refractivity contribution in [2.45, 2.75) is 47.0 Å². The van der Waals surface area contributed by atoms with Gasteiger partial charge in [-0.3, -0.25) is 0 Å². The van der Waals surface area contributed by atoms with E-state index < -0.39 is 5.97 Å². The number of aromatic carboxylic acids is 1. The van der Waals surface area contributed by atoms with Crippen LogP contribution in [0.2, 0.25) is 0 Å². The van der Waals surface area contributed by atoms with E-state index in [1.807, 2.05) is 13.8 Å². The summed E-state index contributed by atoms with van der Waals surface area (Å²) < 4.78 is 5.25. The molecule has 2 aromatic heterocycles. The number of carbonyl (C=O) groups is 1. The summed E-state index contributed by atoms with van der Waals surface area (Å²) in [5.41, 5.74) is 1.89. The van der Waals surface area contributed by atoms with E-state index in [9.17, 15) is 9.90 Å². The third kappa shape index (κ3) is 2.81. The second kappa shape index (κ2) is 4.89. The van der Waals surface area contributed by atoms with Crippen LogP contribution in [-0.2, 0) is 6.42 Å². The van der Waals surface area contributed by atoms with Gasteiger partial charge in [0.15, 0.2) is 0 Å². The minimum absolute atomic E-state index is 0.00367. The van der Waals surface area contributed by atoms with Crippen LogP contribution in [0, 0.1) is 5.41 Å². The van der Waals surface area contributed by atoms with Gasteiger partial charge in [0.05, 0.1) is 16.6 Å². The molecule has 5 heteroatoms. The van der Waals surface area contributed by atoms with Gasteiger partial charge in [-0.15, -0.1) is 0 Å². The van der Waals surface area contributed by atoms with Gasteiger partial charge in [0, 0.05) is 5.69 Å². The number of nitrogens with zero attached hydrogens (tertiary/aromatic N) is 2. The number of fused-ring (bicyclic) bond motifs is 1. The van der Waals surface area contributed by atoms with Crippen LogP contribution >= 0.6 is 0 Å². The molecule has 1 N–H and O–H groups in total. The largest absolute Gasteiger partial charge is 0.478 e. The molecule has 0 bridgehead atoms. The maximum absolute atomic E-state index is 11.5. The van der Waals surface area contributed by atoms with E-state index in [-0.39, 0.29) is 16.9 Å². The number of rotatable bonds is 3. The molecule has 2 heterocycles. The number of carboxylic acids is 1. The maximum Gasteiger partial charge on any atom is 0.336 e. The lowest BCUT2D eigenvalue weighted by Gasteiger charge is -2.16. The molecule has 5 nitrogen and oxygen atoms in total. The van der Waals surface area contributed by atoms with Crippen molar-refractivity contribution in [1.82, 2.24) is 10.1 Å². The predicted molar refractivity (Wildman–Crippen MR) is 76.0 cm³/mol. The second-order valence-electron chi connectivity index (χ2n) is 6.60. The molecular weight excluding hydrogens is 256 g/mol. The van der Waals surface area contributed by atoms with Crippen LogP contribution in [0.15, 0.2) is 10.6 Å². The first-order chi connectivity index (χ1) is 9.19. The first-order valence-electron chi connectivity index (χ1n) is 6.71. The normalized spacial score (nSPS) is 12.3. The van der Waals surface area contributed by atoms with Crippen molar-refractivity contribution in [1.29, 1.82) is 0 Å². The summed E-state index contributed by atoms with van der Waals surface area (Å²) in [4.78, 5) is 15.9. The van der Waals surface area contributed by atoms with Gasteiger partial charge in [0.2, 0.25) is 0 Å². The Morgan fingerprint density at radius 3 is 2.55 bits per heavy atom. The molecule has 2 rings (SSSR count). The van der Waals surface area contributed by atoms with Gasteiger partial charge in [0.1, 0.15) is 0 Å². The molecule has 0 saturated carbocycles. The van der Waals surface area contributed by atoms with E-state index in [1.54, 1.807) is 6.07 Å². The van der Waals surface area contributed by atoms with Crippen LogP contribution in [0.25, 0.3) is 11.1 Å². The summed E-state index contributed by atoms with van der Waals surface area (Å²) in [6, 6.07) is 1.62. The fraction of sp³-hybridized carbons (Fsp3) is 0.533. The fourth-order valence-electron chi connectivity index (χ4n) is 2.12. The Balaban J connectivity index is 2.67. The summed E-state index contributed by atoms with van der Waals surface area (Å²) in [6.07, 6.45) is 0.642. The van der Waals surface area contributed by atoms with E-state index in [4.69, 9.17) is 4.52 Å². The maximum atomic E-state index is 11.5. The van der Waals surface area contributed by atoms with Crippen molar-refractivity contribution in [3.8, 4) is 0 Å². The minimum Gasteiger partial charge on any atom is -0.478 e. The third-order valence-electron chi connectivity index (χ3n) is 3.06. The zero-order chi connectivity index (χ0) is 15.1. The summed E-state index contributed by atoms with van der Waals surface area (Å²) in [5.74, 6) is -0.841. The lowest BCUT2D eigenvalue weighted by Crippen LogP contribution is -2.11. The quantitative estimate of drug-likeness (QED) is 0.926. The Morgan fingerprint density at radius 2 is 2.05 bits per heavy atom. The molecule has 0 spiro atoms. The van der Waals surface area contributed by atoms with Gasteiger partial charge < -0.3 is 9.63 Å². The number of aromatic nitrogens is 2. The van der Waals surface area contributed by atoms with E-state index in [2.05, 4.69) is 30.9 Å². The third-order valence-corrected chi connectivity index (χ3v) is 3.06. The van der Waals surface area contributed by atoms with Gasteiger partial charge in [0.25, 0.3) is 5.71 Å². The van der Waals surface area contributed by atoms with Crippen LogP contribution in [0.3, 0.4) is 0 Å². The summed E-state index contributed by atoms with van der Waals surface area (Å²) in [7, 11) is 0. The highest BCUT2D eigenvalue weighted by atomic mass is 16.5. The molecule has 2 aromatic rings. The number of carboxylic acid groups (broad SMARTS) is 1. The van der Waals surface area contributed by atoms with E-state index in [1.165, 1.54) is 0 Å². The summed E-state index contributed by atoms with van der Waals surface area (Å²) >= 11 is 0. The topological polar surface area (TPSA) is 76.2 Å². The lowest BCUT2D eigenvalue weighted by atomic mass is 9.89. The number of hydrogen-bond donors (Lipinski definition) is 1.